The highest BCUT2D eigenvalue weighted by atomic mass is 79.9. The quantitative estimate of drug-likeness (QED) is 0.820. The molecule has 0 saturated heterocycles. The fourth-order valence-corrected chi connectivity index (χ4v) is 4.75. The Bertz CT molecular complexity index is 542. The summed E-state index contributed by atoms with van der Waals surface area (Å²) < 4.78 is 2.51. The molecule has 1 atom stereocenters. The van der Waals surface area contributed by atoms with Crippen LogP contribution >= 0.6 is 27.3 Å². The third-order valence-electron chi connectivity index (χ3n) is 4.04. The lowest BCUT2D eigenvalue weighted by molar-refractivity contribution is 0.452. The maximum absolute atomic E-state index is 6.43. The maximum atomic E-state index is 6.43. The second kappa shape index (κ2) is 5.32. The molecule has 1 heterocycles. The smallest absolute Gasteiger partial charge is 0.0488 e. The van der Waals surface area contributed by atoms with Gasteiger partial charge >= 0.3 is 0 Å². The van der Waals surface area contributed by atoms with Crippen molar-refractivity contribution in [3.05, 3.63) is 33.6 Å². The first kappa shape index (κ1) is 12.6. The van der Waals surface area contributed by atoms with Crippen molar-refractivity contribution in [1.29, 1.82) is 0 Å². The van der Waals surface area contributed by atoms with Gasteiger partial charge in [0.25, 0.3) is 0 Å². The van der Waals surface area contributed by atoms with Gasteiger partial charge in [0.15, 0.2) is 0 Å². The average molecular weight is 324 g/mol. The number of hydrogen-bond acceptors (Lipinski definition) is 2. The largest absolute Gasteiger partial charge is 0.324 e. The molecule has 1 aromatic carbocycles. The van der Waals surface area contributed by atoms with Gasteiger partial charge in [0, 0.05) is 15.2 Å². The van der Waals surface area contributed by atoms with Crippen LogP contribution in [0.5, 0.6) is 0 Å². The Morgan fingerprint density at radius 1 is 1.33 bits per heavy atom. The molecular formula is C15H18BrNS. The van der Waals surface area contributed by atoms with Gasteiger partial charge in [-0.05, 0) is 50.7 Å². The van der Waals surface area contributed by atoms with Crippen LogP contribution in [0.2, 0.25) is 0 Å². The van der Waals surface area contributed by atoms with Crippen LogP contribution in [0.3, 0.4) is 0 Å². The standard InChI is InChI=1S/C15H18BrNS/c16-13-7-3-6-11-12(9-18-15(11)13)14(17)8-10-4-1-2-5-10/h3,6-7,9-10,14H,1-2,4-5,8,17H2. The highest BCUT2D eigenvalue weighted by Crippen LogP contribution is 2.38. The van der Waals surface area contributed by atoms with E-state index in [-0.39, 0.29) is 6.04 Å². The molecule has 3 heteroatoms. The number of hydrogen-bond donors (Lipinski definition) is 1. The van der Waals surface area contributed by atoms with Crippen LogP contribution in [-0.4, -0.2) is 0 Å². The van der Waals surface area contributed by atoms with Crippen LogP contribution in [0.15, 0.2) is 28.1 Å². The van der Waals surface area contributed by atoms with E-state index in [1.54, 1.807) is 11.3 Å². The summed E-state index contributed by atoms with van der Waals surface area (Å²) in [4.78, 5) is 0. The lowest BCUT2D eigenvalue weighted by Gasteiger charge is -2.16. The second-order valence-corrected chi connectivity index (χ2v) is 7.03. The summed E-state index contributed by atoms with van der Waals surface area (Å²) in [6.07, 6.45) is 6.69. The first-order valence-corrected chi connectivity index (χ1v) is 8.34. The van der Waals surface area contributed by atoms with Crippen LogP contribution in [-0.2, 0) is 0 Å². The number of rotatable bonds is 3. The molecule has 0 bridgehead atoms. The van der Waals surface area contributed by atoms with Gasteiger partial charge in [0.05, 0.1) is 0 Å². The van der Waals surface area contributed by atoms with E-state index < -0.39 is 0 Å². The molecule has 96 valence electrons. The Balaban J connectivity index is 1.86. The second-order valence-electron chi connectivity index (χ2n) is 5.30. The zero-order chi connectivity index (χ0) is 12.5. The van der Waals surface area contributed by atoms with Crippen molar-refractivity contribution in [2.24, 2.45) is 11.7 Å². The molecule has 3 rings (SSSR count). The van der Waals surface area contributed by atoms with E-state index in [0.717, 1.165) is 12.3 Å². The molecule has 1 aromatic heterocycles. The third kappa shape index (κ3) is 2.36. The molecule has 0 amide bonds. The Morgan fingerprint density at radius 3 is 2.89 bits per heavy atom. The van der Waals surface area contributed by atoms with Crippen LogP contribution in [0.25, 0.3) is 10.1 Å². The molecule has 1 aliphatic rings. The van der Waals surface area contributed by atoms with E-state index in [9.17, 15) is 0 Å². The number of thiophene rings is 1. The highest BCUT2D eigenvalue weighted by molar-refractivity contribution is 9.10. The number of fused-ring (bicyclic) bond motifs is 1. The SMILES string of the molecule is NC(CC1CCCC1)c1csc2c(Br)cccc12. The van der Waals surface area contributed by atoms with E-state index in [0.29, 0.717) is 0 Å². The van der Waals surface area contributed by atoms with Gasteiger partial charge in [-0.15, -0.1) is 11.3 Å². The molecule has 1 fully saturated rings. The molecule has 1 unspecified atom stereocenters. The van der Waals surface area contributed by atoms with Crippen molar-refractivity contribution in [3.8, 4) is 0 Å². The predicted molar refractivity (Wildman–Crippen MR) is 83.0 cm³/mol. The normalized spacial score (nSPS) is 18.6. The number of halogens is 1. The Morgan fingerprint density at radius 2 is 2.11 bits per heavy atom. The topological polar surface area (TPSA) is 26.0 Å². The number of nitrogens with two attached hydrogens (primary N) is 1. The highest BCUT2D eigenvalue weighted by Gasteiger charge is 2.20. The van der Waals surface area contributed by atoms with Crippen LogP contribution in [0.4, 0.5) is 0 Å². The first-order chi connectivity index (χ1) is 8.75. The summed E-state index contributed by atoms with van der Waals surface area (Å²) in [7, 11) is 0. The Hall–Kier alpha value is -0.380. The number of benzene rings is 1. The van der Waals surface area contributed by atoms with Gasteiger partial charge in [-0.1, -0.05) is 37.8 Å². The van der Waals surface area contributed by atoms with Gasteiger partial charge in [0.1, 0.15) is 0 Å². The predicted octanol–water partition coefficient (Wildman–Crippen LogP) is 5.24. The van der Waals surface area contributed by atoms with Crippen molar-refractivity contribution in [1.82, 2.24) is 0 Å². The monoisotopic (exact) mass is 323 g/mol. The summed E-state index contributed by atoms with van der Waals surface area (Å²) in [5, 5.41) is 3.58. The lowest BCUT2D eigenvalue weighted by atomic mass is 9.94. The van der Waals surface area contributed by atoms with Gasteiger partial charge in [-0.25, -0.2) is 0 Å². The zero-order valence-electron chi connectivity index (χ0n) is 10.4. The Kier molecular flexibility index (Phi) is 3.73. The third-order valence-corrected chi connectivity index (χ3v) is 6.01. The fourth-order valence-electron chi connectivity index (χ4n) is 3.06. The molecule has 1 aliphatic carbocycles. The van der Waals surface area contributed by atoms with Crippen molar-refractivity contribution < 1.29 is 0 Å². The molecule has 2 aromatic rings. The lowest BCUT2D eigenvalue weighted by Crippen LogP contribution is -2.13. The van der Waals surface area contributed by atoms with E-state index in [2.05, 4.69) is 39.5 Å². The van der Waals surface area contributed by atoms with E-state index in [1.807, 2.05) is 0 Å². The summed E-state index contributed by atoms with van der Waals surface area (Å²) in [5.74, 6) is 0.849. The van der Waals surface area contributed by atoms with Crippen molar-refractivity contribution in [2.45, 2.75) is 38.1 Å². The summed E-state index contributed by atoms with van der Waals surface area (Å²) >= 11 is 5.42. The Labute approximate surface area is 121 Å². The molecule has 0 radical (unpaired) electrons. The van der Waals surface area contributed by atoms with Gasteiger partial charge in [-0.3, -0.25) is 0 Å². The molecule has 18 heavy (non-hydrogen) atoms. The molecule has 0 spiro atoms. The van der Waals surface area contributed by atoms with E-state index in [1.165, 1.54) is 45.8 Å². The molecular weight excluding hydrogens is 306 g/mol. The van der Waals surface area contributed by atoms with Crippen LogP contribution < -0.4 is 5.73 Å². The first-order valence-electron chi connectivity index (χ1n) is 6.67. The minimum Gasteiger partial charge on any atom is -0.324 e. The minimum absolute atomic E-state index is 0.205. The van der Waals surface area contributed by atoms with Crippen LogP contribution in [0, 0.1) is 5.92 Å². The molecule has 1 saturated carbocycles. The molecule has 2 N–H and O–H groups in total. The van der Waals surface area contributed by atoms with E-state index in [4.69, 9.17) is 5.73 Å². The summed E-state index contributed by atoms with van der Waals surface area (Å²) in [6.45, 7) is 0. The van der Waals surface area contributed by atoms with Gasteiger partial charge in [-0.2, -0.15) is 0 Å². The molecule has 0 aliphatic heterocycles. The summed E-state index contributed by atoms with van der Waals surface area (Å²) in [5.41, 5.74) is 7.76. The zero-order valence-corrected chi connectivity index (χ0v) is 12.8. The summed E-state index contributed by atoms with van der Waals surface area (Å²) in [6, 6.07) is 6.60. The van der Waals surface area contributed by atoms with E-state index >= 15 is 0 Å². The molecule has 1 nitrogen and oxygen atoms in total. The van der Waals surface area contributed by atoms with Crippen molar-refractivity contribution in [2.75, 3.05) is 0 Å². The van der Waals surface area contributed by atoms with Gasteiger partial charge in [0.2, 0.25) is 0 Å². The fraction of sp³-hybridized carbons (Fsp3) is 0.467. The minimum atomic E-state index is 0.205. The maximum Gasteiger partial charge on any atom is 0.0488 e. The van der Waals surface area contributed by atoms with Crippen LogP contribution in [0.1, 0.15) is 43.7 Å². The van der Waals surface area contributed by atoms with Crippen molar-refractivity contribution in [3.63, 3.8) is 0 Å². The van der Waals surface area contributed by atoms with Gasteiger partial charge < -0.3 is 5.73 Å². The van der Waals surface area contributed by atoms with Crippen molar-refractivity contribution >= 4 is 37.4 Å². The average Bonchev–Trinajstić information content (AvgIpc) is 2.98.